The van der Waals surface area contributed by atoms with Crippen molar-refractivity contribution >= 4 is 17.3 Å². The Morgan fingerprint density at radius 1 is 1.12 bits per heavy atom. The highest BCUT2D eigenvalue weighted by molar-refractivity contribution is 6.35. The highest BCUT2D eigenvalue weighted by Gasteiger charge is 2.11. The summed E-state index contributed by atoms with van der Waals surface area (Å²) in [7, 11) is 0. The molecule has 1 radical (unpaired) electrons. The predicted octanol–water partition coefficient (Wildman–Crippen LogP) is 5.64. The maximum Gasteiger partial charge on any atom is 0.0731 e. The van der Waals surface area contributed by atoms with Gasteiger partial charge in [-0.2, -0.15) is 0 Å². The van der Waals surface area contributed by atoms with Crippen LogP contribution in [0, 0.1) is 6.07 Å². The molecule has 1 N–H and O–H groups in total. The average molecular weight is 336 g/mol. The lowest BCUT2D eigenvalue weighted by molar-refractivity contribution is 0.706. The second-order valence-electron chi connectivity index (χ2n) is 5.88. The molecule has 3 aromatic rings. The summed E-state index contributed by atoms with van der Waals surface area (Å²) in [5.41, 5.74) is 4.06. The fourth-order valence-electron chi connectivity index (χ4n) is 2.68. The molecule has 0 saturated heterocycles. The van der Waals surface area contributed by atoms with Crippen LogP contribution in [0.2, 0.25) is 5.02 Å². The predicted molar refractivity (Wildman–Crippen MR) is 101 cm³/mol. The first-order valence-electron chi connectivity index (χ1n) is 8.15. The van der Waals surface area contributed by atoms with Gasteiger partial charge in [-0.15, -0.1) is 0 Å². The van der Waals surface area contributed by atoms with Crippen LogP contribution in [-0.2, 0) is 6.42 Å². The summed E-state index contributed by atoms with van der Waals surface area (Å²) in [4.78, 5) is 4.36. The van der Waals surface area contributed by atoms with Crippen molar-refractivity contribution in [1.29, 1.82) is 0 Å². The second kappa shape index (κ2) is 7.98. The lowest BCUT2D eigenvalue weighted by Crippen LogP contribution is -2.16. The molecule has 1 heterocycles. The fourth-order valence-corrected chi connectivity index (χ4v) is 2.96. The first-order chi connectivity index (χ1) is 11.7. The molecule has 0 aliphatic heterocycles. The van der Waals surface area contributed by atoms with Gasteiger partial charge < -0.3 is 5.32 Å². The summed E-state index contributed by atoms with van der Waals surface area (Å²) in [6, 6.07) is 23.5. The quantitative estimate of drug-likeness (QED) is 0.631. The summed E-state index contributed by atoms with van der Waals surface area (Å²) in [5, 5.41) is 4.23. The van der Waals surface area contributed by atoms with Gasteiger partial charge in [-0.3, -0.25) is 4.98 Å². The second-order valence-corrected chi connectivity index (χ2v) is 6.26. The van der Waals surface area contributed by atoms with E-state index in [0.29, 0.717) is 11.1 Å². The van der Waals surface area contributed by atoms with Crippen molar-refractivity contribution < 1.29 is 0 Å². The molecule has 1 atom stereocenters. The highest BCUT2D eigenvalue weighted by Crippen LogP contribution is 2.33. The molecule has 2 nitrogen and oxygen atoms in total. The lowest BCUT2D eigenvalue weighted by Gasteiger charge is -2.17. The summed E-state index contributed by atoms with van der Waals surface area (Å²) in [6.45, 7) is 2.18. The molecule has 0 aliphatic carbocycles. The van der Waals surface area contributed by atoms with Crippen molar-refractivity contribution in [2.24, 2.45) is 0 Å². The summed E-state index contributed by atoms with van der Waals surface area (Å²) < 4.78 is 0. The van der Waals surface area contributed by atoms with Gasteiger partial charge in [0.15, 0.2) is 0 Å². The number of anilines is 1. The van der Waals surface area contributed by atoms with Gasteiger partial charge in [-0.1, -0.05) is 54.1 Å². The molecule has 0 aliphatic rings. The van der Waals surface area contributed by atoms with E-state index >= 15 is 0 Å². The molecule has 0 saturated carbocycles. The van der Waals surface area contributed by atoms with Crippen molar-refractivity contribution in [2.45, 2.75) is 25.8 Å². The van der Waals surface area contributed by atoms with Crippen molar-refractivity contribution in [1.82, 2.24) is 4.98 Å². The Morgan fingerprint density at radius 2 is 1.96 bits per heavy atom. The molecule has 0 spiro atoms. The number of benzene rings is 2. The summed E-state index contributed by atoms with van der Waals surface area (Å²) in [6.07, 6.45) is 3.82. The van der Waals surface area contributed by atoms with E-state index in [2.05, 4.69) is 47.6 Å². The third-order valence-electron chi connectivity index (χ3n) is 3.99. The number of nitrogens with zero attached hydrogens (tertiary/aromatic N) is 1. The molecule has 0 fully saturated rings. The van der Waals surface area contributed by atoms with Gasteiger partial charge in [0, 0.05) is 17.8 Å². The first-order valence-corrected chi connectivity index (χ1v) is 8.53. The number of nitrogens with one attached hydrogen (secondary N) is 1. The number of hydrogen-bond donors (Lipinski definition) is 1. The minimum Gasteiger partial charge on any atom is -0.381 e. The Bertz CT molecular complexity index is 772. The first kappa shape index (κ1) is 16.5. The van der Waals surface area contributed by atoms with Crippen LogP contribution in [-0.4, -0.2) is 11.0 Å². The number of hydrogen-bond acceptors (Lipinski definition) is 2. The van der Waals surface area contributed by atoms with Gasteiger partial charge in [0.2, 0.25) is 0 Å². The van der Waals surface area contributed by atoms with Crippen LogP contribution >= 0.6 is 11.6 Å². The van der Waals surface area contributed by atoms with Gasteiger partial charge in [0.1, 0.15) is 0 Å². The zero-order valence-corrected chi connectivity index (χ0v) is 14.4. The molecule has 24 heavy (non-hydrogen) atoms. The van der Waals surface area contributed by atoms with Crippen LogP contribution in [0.3, 0.4) is 0 Å². The Hall–Kier alpha value is -2.32. The van der Waals surface area contributed by atoms with Crippen LogP contribution in [0.15, 0.2) is 66.9 Å². The van der Waals surface area contributed by atoms with Crippen LogP contribution in [0.1, 0.15) is 18.9 Å². The minimum absolute atomic E-state index is 0.327. The topological polar surface area (TPSA) is 24.9 Å². The molecule has 1 unspecified atom stereocenters. The number of aryl methyl sites for hydroxylation is 1. The van der Waals surface area contributed by atoms with Crippen LogP contribution in [0.25, 0.3) is 11.3 Å². The zero-order valence-electron chi connectivity index (χ0n) is 13.7. The third-order valence-corrected chi connectivity index (χ3v) is 4.40. The molecule has 121 valence electrons. The molecule has 1 aromatic heterocycles. The van der Waals surface area contributed by atoms with Crippen molar-refractivity contribution in [3.63, 3.8) is 0 Å². The normalized spacial score (nSPS) is 11.9. The van der Waals surface area contributed by atoms with E-state index < -0.39 is 0 Å². The van der Waals surface area contributed by atoms with E-state index in [1.54, 1.807) is 12.3 Å². The Kier molecular flexibility index (Phi) is 5.50. The number of halogens is 1. The maximum absolute atomic E-state index is 6.59. The van der Waals surface area contributed by atoms with Gasteiger partial charge >= 0.3 is 0 Å². The summed E-state index contributed by atoms with van der Waals surface area (Å²) in [5.74, 6) is 0. The number of pyridine rings is 1. The van der Waals surface area contributed by atoms with Crippen molar-refractivity contribution in [3.05, 3.63) is 83.5 Å². The monoisotopic (exact) mass is 335 g/mol. The van der Waals surface area contributed by atoms with Gasteiger partial charge in [0.25, 0.3) is 0 Å². The third kappa shape index (κ3) is 4.15. The molecule has 3 rings (SSSR count). The smallest absolute Gasteiger partial charge is 0.0731 e. The largest absolute Gasteiger partial charge is 0.381 e. The SMILES string of the molecule is CC(CCc1ccccc1)Nc1cccc(-c2c[c]ccn2)c1Cl. The minimum atomic E-state index is 0.327. The molecule has 0 bridgehead atoms. The number of rotatable bonds is 6. The van der Waals surface area contributed by atoms with Gasteiger partial charge in [-0.05, 0) is 49.6 Å². The Balaban J connectivity index is 1.69. The molecular weight excluding hydrogens is 316 g/mol. The average Bonchev–Trinajstić information content (AvgIpc) is 2.63. The van der Waals surface area contributed by atoms with Crippen LogP contribution < -0.4 is 5.32 Å². The number of aromatic nitrogens is 1. The summed E-state index contributed by atoms with van der Waals surface area (Å²) >= 11 is 6.59. The standard InChI is InChI=1S/C21H20ClN2/c1-16(13-14-17-8-3-2-4-9-17)24-20-12-7-10-18(21(20)22)19-11-5-6-15-23-19/h2-4,6-12,15-16,24H,13-14H2,1H3. The lowest BCUT2D eigenvalue weighted by atomic mass is 10.1. The zero-order chi connectivity index (χ0) is 16.8. The van der Waals surface area contributed by atoms with E-state index in [-0.39, 0.29) is 0 Å². The van der Waals surface area contributed by atoms with Gasteiger partial charge in [0.05, 0.1) is 16.4 Å². The van der Waals surface area contributed by atoms with E-state index in [0.717, 1.165) is 29.8 Å². The van der Waals surface area contributed by atoms with E-state index in [9.17, 15) is 0 Å². The Labute approximate surface area is 148 Å². The maximum atomic E-state index is 6.59. The van der Waals surface area contributed by atoms with Crippen LogP contribution in [0.5, 0.6) is 0 Å². The van der Waals surface area contributed by atoms with E-state index in [1.807, 2.05) is 30.3 Å². The van der Waals surface area contributed by atoms with E-state index in [1.165, 1.54) is 5.56 Å². The Morgan fingerprint density at radius 3 is 2.71 bits per heavy atom. The highest BCUT2D eigenvalue weighted by atomic mass is 35.5. The molecular formula is C21H20ClN2. The molecule has 3 heteroatoms. The fraction of sp³-hybridized carbons (Fsp3) is 0.190. The van der Waals surface area contributed by atoms with Gasteiger partial charge in [-0.25, -0.2) is 0 Å². The van der Waals surface area contributed by atoms with Crippen molar-refractivity contribution in [3.8, 4) is 11.3 Å². The molecule has 0 amide bonds. The molecule has 2 aromatic carbocycles. The van der Waals surface area contributed by atoms with E-state index in [4.69, 9.17) is 11.6 Å². The van der Waals surface area contributed by atoms with Crippen LogP contribution in [0.4, 0.5) is 5.69 Å². The van der Waals surface area contributed by atoms with Crippen molar-refractivity contribution in [2.75, 3.05) is 5.32 Å².